The van der Waals surface area contributed by atoms with Crippen molar-refractivity contribution in [3.8, 4) is 0 Å². The molecule has 0 fully saturated rings. The van der Waals surface area contributed by atoms with Gasteiger partial charge in [0.05, 0.1) is 17.6 Å². The normalized spacial score (nSPS) is 11.6. The molecule has 1 rings (SSSR count). The lowest BCUT2D eigenvalue weighted by molar-refractivity contribution is -0.385. The number of esters is 1. The summed E-state index contributed by atoms with van der Waals surface area (Å²) in [5, 5.41) is 12.8. The first-order valence-electron chi connectivity index (χ1n) is 5.77. The van der Waals surface area contributed by atoms with E-state index in [0.29, 0.717) is 6.07 Å². The predicted molar refractivity (Wildman–Crippen MR) is 66.6 cm³/mol. The molecule has 0 aliphatic carbocycles. The highest BCUT2D eigenvalue weighted by molar-refractivity contribution is 5.97. The van der Waals surface area contributed by atoms with Crippen LogP contribution in [0.4, 0.5) is 10.1 Å². The van der Waals surface area contributed by atoms with E-state index in [1.807, 2.05) is 0 Å². The largest absolute Gasteiger partial charge is 0.464 e. The number of halogens is 1. The second-order valence-electron chi connectivity index (χ2n) is 3.90. The fourth-order valence-electron chi connectivity index (χ4n) is 1.42. The second kappa shape index (κ2) is 6.60. The Balaban J connectivity index is 2.87. The molecule has 0 bridgehead atoms. The third-order valence-electron chi connectivity index (χ3n) is 2.34. The summed E-state index contributed by atoms with van der Waals surface area (Å²) in [5.41, 5.74) is -0.785. The van der Waals surface area contributed by atoms with E-state index in [-0.39, 0.29) is 12.2 Å². The van der Waals surface area contributed by atoms with Gasteiger partial charge in [0.25, 0.3) is 11.6 Å². The Hall–Kier alpha value is -2.51. The van der Waals surface area contributed by atoms with Gasteiger partial charge in [0.15, 0.2) is 0 Å². The molecule has 20 heavy (non-hydrogen) atoms. The van der Waals surface area contributed by atoms with E-state index in [0.717, 1.165) is 12.1 Å². The highest BCUT2D eigenvalue weighted by atomic mass is 19.1. The van der Waals surface area contributed by atoms with Crippen LogP contribution in [0.25, 0.3) is 0 Å². The van der Waals surface area contributed by atoms with Crippen LogP contribution in [0, 0.1) is 15.9 Å². The minimum Gasteiger partial charge on any atom is -0.464 e. The number of rotatable bonds is 5. The number of amides is 1. The molecule has 0 radical (unpaired) electrons. The summed E-state index contributed by atoms with van der Waals surface area (Å²) in [6, 6.07) is 1.53. The van der Waals surface area contributed by atoms with E-state index >= 15 is 0 Å². The lowest BCUT2D eigenvalue weighted by Gasteiger charge is -2.12. The van der Waals surface area contributed by atoms with Gasteiger partial charge in [-0.1, -0.05) is 0 Å². The van der Waals surface area contributed by atoms with Crippen molar-refractivity contribution >= 4 is 17.6 Å². The third kappa shape index (κ3) is 4.01. The molecule has 1 aromatic rings. The van der Waals surface area contributed by atoms with Crippen LogP contribution in [0.15, 0.2) is 18.2 Å². The zero-order valence-electron chi connectivity index (χ0n) is 10.9. The van der Waals surface area contributed by atoms with Crippen molar-refractivity contribution in [2.24, 2.45) is 0 Å². The molecule has 1 aromatic carbocycles. The topological polar surface area (TPSA) is 98.5 Å². The number of nitrogens with zero attached hydrogens (tertiary/aromatic N) is 1. The highest BCUT2D eigenvalue weighted by Gasteiger charge is 2.20. The molecule has 0 saturated carbocycles. The average molecular weight is 284 g/mol. The minimum absolute atomic E-state index is 0.157. The number of non-ortho nitro benzene ring substituents is 1. The SMILES string of the molecule is CCOC(=O)C(C)NC(=O)c1cc(F)cc([N+](=O)[O-])c1. The van der Waals surface area contributed by atoms with Gasteiger partial charge >= 0.3 is 5.97 Å². The van der Waals surface area contributed by atoms with Crippen LogP contribution in [0.1, 0.15) is 24.2 Å². The van der Waals surface area contributed by atoms with Gasteiger partial charge in [-0.3, -0.25) is 14.9 Å². The number of nitro groups is 1. The van der Waals surface area contributed by atoms with Gasteiger partial charge in [0.2, 0.25) is 0 Å². The average Bonchev–Trinajstić information content (AvgIpc) is 2.37. The van der Waals surface area contributed by atoms with Crippen LogP contribution in [0.3, 0.4) is 0 Å². The maximum absolute atomic E-state index is 13.2. The Bertz CT molecular complexity index is 547. The van der Waals surface area contributed by atoms with E-state index in [1.165, 1.54) is 6.92 Å². The molecule has 0 saturated heterocycles. The molecule has 7 nitrogen and oxygen atoms in total. The van der Waals surface area contributed by atoms with Crippen LogP contribution in [0.2, 0.25) is 0 Å². The number of ether oxygens (including phenoxy) is 1. The van der Waals surface area contributed by atoms with E-state index in [4.69, 9.17) is 4.74 Å². The van der Waals surface area contributed by atoms with Gasteiger partial charge in [-0.05, 0) is 19.9 Å². The number of benzene rings is 1. The molecule has 1 unspecified atom stereocenters. The maximum atomic E-state index is 13.2. The van der Waals surface area contributed by atoms with Crippen molar-refractivity contribution in [2.75, 3.05) is 6.61 Å². The van der Waals surface area contributed by atoms with Crippen LogP contribution >= 0.6 is 0 Å². The number of carbonyl (C=O) groups excluding carboxylic acids is 2. The van der Waals surface area contributed by atoms with Gasteiger partial charge in [-0.2, -0.15) is 0 Å². The monoisotopic (exact) mass is 284 g/mol. The smallest absolute Gasteiger partial charge is 0.328 e. The number of carbonyl (C=O) groups is 2. The van der Waals surface area contributed by atoms with Crippen molar-refractivity contribution in [3.05, 3.63) is 39.7 Å². The Morgan fingerprint density at radius 2 is 2.10 bits per heavy atom. The molecular formula is C12H13FN2O5. The first-order chi connectivity index (χ1) is 9.35. The van der Waals surface area contributed by atoms with Crippen molar-refractivity contribution in [1.82, 2.24) is 5.32 Å². The lowest BCUT2D eigenvalue weighted by Crippen LogP contribution is -2.39. The summed E-state index contributed by atoms with van der Waals surface area (Å²) in [6.07, 6.45) is 0. The summed E-state index contributed by atoms with van der Waals surface area (Å²) in [7, 11) is 0. The Morgan fingerprint density at radius 1 is 1.45 bits per heavy atom. The minimum atomic E-state index is -0.940. The molecule has 0 aliphatic heterocycles. The Morgan fingerprint density at radius 3 is 2.65 bits per heavy atom. The van der Waals surface area contributed by atoms with Gasteiger partial charge in [0.1, 0.15) is 11.9 Å². The first kappa shape index (κ1) is 15.5. The van der Waals surface area contributed by atoms with Gasteiger partial charge < -0.3 is 10.1 Å². The van der Waals surface area contributed by atoms with Crippen LogP contribution in [-0.4, -0.2) is 29.4 Å². The maximum Gasteiger partial charge on any atom is 0.328 e. The van der Waals surface area contributed by atoms with Crippen LogP contribution in [-0.2, 0) is 9.53 Å². The van der Waals surface area contributed by atoms with E-state index in [2.05, 4.69) is 5.32 Å². The zero-order chi connectivity index (χ0) is 15.3. The summed E-state index contributed by atoms with van der Waals surface area (Å²) in [6.45, 7) is 3.16. The first-order valence-corrected chi connectivity index (χ1v) is 5.77. The number of nitrogens with one attached hydrogen (secondary N) is 1. The second-order valence-corrected chi connectivity index (χ2v) is 3.90. The summed E-state index contributed by atoms with van der Waals surface area (Å²) >= 11 is 0. The fourth-order valence-corrected chi connectivity index (χ4v) is 1.42. The van der Waals surface area contributed by atoms with Crippen molar-refractivity contribution in [1.29, 1.82) is 0 Å². The highest BCUT2D eigenvalue weighted by Crippen LogP contribution is 2.16. The van der Waals surface area contributed by atoms with Gasteiger partial charge in [-0.15, -0.1) is 0 Å². The van der Waals surface area contributed by atoms with E-state index in [9.17, 15) is 24.1 Å². The third-order valence-corrected chi connectivity index (χ3v) is 2.34. The van der Waals surface area contributed by atoms with Crippen LogP contribution in [0.5, 0.6) is 0 Å². The van der Waals surface area contributed by atoms with Crippen LogP contribution < -0.4 is 5.32 Å². The van der Waals surface area contributed by atoms with Crippen molar-refractivity contribution in [2.45, 2.75) is 19.9 Å². The van der Waals surface area contributed by atoms with E-state index in [1.54, 1.807) is 6.92 Å². The molecule has 1 amide bonds. The number of nitro benzene ring substituents is 1. The fraction of sp³-hybridized carbons (Fsp3) is 0.333. The molecule has 8 heteroatoms. The molecule has 0 aliphatic rings. The standard InChI is InChI=1S/C12H13FN2O5/c1-3-20-12(17)7(2)14-11(16)8-4-9(13)6-10(5-8)15(18)19/h4-7H,3H2,1-2H3,(H,14,16). The molecule has 0 heterocycles. The number of hydrogen-bond donors (Lipinski definition) is 1. The Labute approximate surface area is 113 Å². The molecule has 1 atom stereocenters. The van der Waals surface area contributed by atoms with Gasteiger partial charge in [-0.25, -0.2) is 9.18 Å². The summed E-state index contributed by atoms with van der Waals surface area (Å²) in [5.74, 6) is -2.35. The lowest BCUT2D eigenvalue weighted by atomic mass is 10.1. The molecule has 0 spiro atoms. The van der Waals surface area contributed by atoms with Crippen molar-refractivity contribution < 1.29 is 23.6 Å². The van der Waals surface area contributed by atoms with E-state index < -0.39 is 34.3 Å². The Kier molecular flexibility index (Phi) is 5.13. The zero-order valence-corrected chi connectivity index (χ0v) is 10.9. The molecule has 0 aromatic heterocycles. The summed E-state index contributed by atoms with van der Waals surface area (Å²) in [4.78, 5) is 32.9. The molecular weight excluding hydrogens is 271 g/mol. The molecule has 1 N–H and O–H groups in total. The van der Waals surface area contributed by atoms with Crippen molar-refractivity contribution in [3.63, 3.8) is 0 Å². The quantitative estimate of drug-likeness (QED) is 0.501. The van der Waals surface area contributed by atoms with Gasteiger partial charge in [0, 0.05) is 11.6 Å². The molecule has 108 valence electrons. The summed E-state index contributed by atoms with van der Waals surface area (Å²) < 4.78 is 17.9. The predicted octanol–water partition coefficient (Wildman–Crippen LogP) is 1.42. The number of hydrogen-bond acceptors (Lipinski definition) is 5.